The molecule has 2 amide bonds. The average molecular weight is 398 g/mol. The second-order valence-electron chi connectivity index (χ2n) is 8.56. The zero-order valence-electron chi connectivity index (χ0n) is 16.9. The van der Waals surface area contributed by atoms with E-state index in [1.807, 2.05) is 29.6 Å². The molecule has 0 atom stereocenters. The van der Waals surface area contributed by atoms with Crippen LogP contribution in [0.4, 0.5) is 5.69 Å². The van der Waals surface area contributed by atoms with Crippen LogP contribution in [0.25, 0.3) is 0 Å². The lowest BCUT2D eigenvalue weighted by atomic mass is 9.78. The first-order chi connectivity index (χ1) is 13.3. The van der Waals surface area contributed by atoms with Crippen molar-refractivity contribution in [2.24, 2.45) is 11.7 Å². The zero-order valence-corrected chi connectivity index (χ0v) is 17.7. The van der Waals surface area contributed by atoms with Gasteiger partial charge in [-0.15, -0.1) is 11.3 Å². The Morgan fingerprint density at radius 2 is 1.68 bits per heavy atom. The van der Waals surface area contributed by atoms with Gasteiger partial charge in [0.2, 0.25) is 5.91 Å². The van der Waals surface area contributed by atoms with Gasteiger partial charge in [-0.05, 0) is 53.3 Å². The minimum absolute atomic E-state index is 0.0639. The summed E-state index contributed by atoms with van der Waals surface area (Å²) >= 11 is 1.43. The predicted molar refractivity (Wildman–Crippen MR) is 116 cm³/mol. The molecule has 1 saturated carbocycles. The van der Waals surface area contributed by atoms with Gasteiger partial charge in [-0.3, -0.25) is 9.59 Å². The standard InChI is InChI=1S/C23H29N2O2S/c1-23(2,3)16-9-11-17(12-10-16)25-22(27)18-13-14-28-20(18)19(21(24)26)15-7-5-4-6-8-15/h9-15H,4-8H2,1-3H3,(H2,24,26)(H,25,27). The van der Waals surface area contributed by atoms with Crippen molar-refractivity contribution in [3.63, 3.8) is 0 Å². The summed E-state index contributed by atoms with van der Waals surface area (Å²) in [7, 11) is 0. The number of primary amides is 1. The zero-order chi connectivity index (χ0) is 20.3. The maximum Gasteiger partial charge on any atom is 0.256 e. The molecule has 1 fully saturated rings. The monoisotopic (exact) mass is 397 g/mol. The number of nitrogens with two attached hydrogens (primary N) is 1. The maximum absolute atomic E-state index is 12.9. The van der Waals surface area contributed by atoms with Crippen LogP contribution in [-0.2, 0) is 10.2 Å². The molecule has 5 heteroatoms. The van der Waals surface area contributed by atoms with Crippen molar-refractivity contribution in [1.82, 2.24) is 0 Å². The molecule has 1 radical (unpaired) electrons. The highest BCUT2D eigenvalue weighted by molar-refractivity contribution is 7.11. The third kappa shape index (κ3) is 4.64. The Bertz CT molecular complexity index is 827. The molecule has 1 aliphatic carbocycles. The number of carbonyl (C=O) groups excluding carboxylic acids is 2. The molecular weight excluding hydrogens is 368 g/mol. The number of anilines is 1. The molecule has 0 aliphatic heterocycles. The third-order valence-electron chi connectivity index (χ3n) is 5.44. The Kier molecular flexibility index (Phi) is 6.23. The van der Waals surface area contributed by atoms with E-state index in [9.17, 15) is 9.59 Å². The number of rotatable bonds is 5. The van der Waals surface area contributed by atoms with E-state index < -0.39 is 5.91 Å². The van der Waals surface area contributed by atoms with E-state index in [4.69, 9.17) is 5.73 Å². The highest BCUT2D eigenvalue weighted by atomic mass is 32.1. The van der Waals surface area contributed by atoms with Crippen molar-refractivity contribution < 1.29 is 9.59 Å². The quantitative estimate of drug-likeness (QED) is 0.720. The molecule has 2 aromatic rings. The lowest BCUT2D eigenvalue weighted by Gasteiger charge is -2.27. The number of carbonyl (C=O) groups is 2. The fourth-order valence-electron chi connectivity index (χ4n) is 3.84. The lowest BCUT2D eigenvalue weighted by molar-refractivity contribution is -0.116. The smallest absolute Gasteiger partial charge is 0.256 e. The van der Waals surface area contributed by atoms with Gasteiger partial charge in [0, 0.05) is 10.6 Å². The highest BCUT2D eigenvalue weighted by Crippen LogP contribution is 2.39. The van der Waals surface area contributed by atoms with Crippen LogP contribution in [0, 0.1) is 11.8 Å². The van der Waals surface area contributed by atoms with E-state index in [-0.39, 0.29) is 17.2 Å². The minimum atomic E-state index is -0.405. The predicted octanol–water partition coefficient (Wildman–Crippen LogP) is 5.29. The maximum atomic E-state index is 12.9. The first-order valence-corrected chi connectivity index (χ1v) is 10.8. The van der Waals surface area contributed by atoms with E-state index in [1.165, 1.54) is 23.3 Å². The summed E-state index contributed by atoms with van der Waals surface area (Å²) in [5.41, 5.74) is 8.29. The van der Waals surface area contributed by atoms with Gasteiger partial charge in [-0.2, -0.15) is 0 Å². The molecule has 28 heavy (non-hydrogen) atoms. The summed E-state index contributed by atoms with van der Waals surface area (Å²) < 4.78 is 0. The summed E-state index contributed by atoms with van der Waals surface area (Å²) in [6.07, 6.45) is 5.34. The van der Waals surface area contributed by atoms with Crippen LogP contribution in [0.2, 0.25) is 0 Å². The molecule has 1 heterocycles. The molecular formula is C23H29N2O2S. The summed E-state index contributed by atoms with van der Waals surface area (Å²) in [5, 5.41) is 4.82. The highest BCUT2D eigenvalue weighted by Gasteiger charge is 2.34. The first kappa shape index (κ1) is 20.6. The normalized spacial score (nSPS) is 15.6. The van der Waals surface area contributed by atoms with Crippen molar-refractivity contribution in [3.8, 4) is 0 Å². The van der Waals surface area contributed by atoms with Crippen molar-refractivity contribution in [3.05, 3.63) is 57.6 Å². The second-order valence-corrected chi connectivity index (χ2v) is 9.47. The summed E-state index contributed by atoms with van der Waals surface area (Å²) in [5.74, 6) is 0.178. The fourth-order valence-corrected chi connectivity index (χ4v) is 4.86. The molecule has 0 bridgehead atoms. The topological polar surface area (TPSA) is 72.2 Å². The van der Waals surface area contributed by atoms with Crippen molar-refractivity contribution in [2.75, 3.05) is 5.32 Å². The van der Waals surface area contributed by atoms with Crippen LogP contribution in [0.3, 0.4) is 0 Å². The molecule has 4 nitrogen and oxygen atoms in total. The van der Waals surface area contributed by atoms with Crippen molar-refractivity contribution in [2.45, 2.75) is 58.3 Å². The minimum Gasteiger partial charge on any atom is -0.369 e. The molecule has 3 N–H and O–H groups in total. The number of nitrogens with one attached hydrogen (secondary N) is 1. The van der Waals surface area contributed by atoms with Gasteiger partial charge in [0.05, 0.1) is 5.56 Å². The van der Waals surface area contributed by atoms with Crippen LogP contribution < -0.4 is 11.1 Å². The average Bonchev–Trinajstić information content (AvgIpc) is 3.11. The van der Waals surface area contributed by atoms with Gasteiger partial charge in [-0.25, -0.2) is 0 Å². The number of amides is 2. The Morgan fingerprint density at radius 3 is 2.25 bits per heavy atom. The van der Waals surface area contributed by atoms with E-state index in [0.717, 1.165) is 36.2 Å². The molecule has 0 unspecified atom stereocenters. The largest absolute Gasteiger partial charge is 0.369 e. The van der Waals surface area contributed by atoms with Crippen molar-refractivity contribution in [1.29, 1.82) is 0 Å². The lowest BCUT2D eigenvalue weighted by Crippen LogP contribution is -2.31. The van der Waals surface area contributed by atoms with E-state index in [2.05, 4.69) is 26.1 Å². The van der Waals surface area contributed by atoms with Gasteiger partial charge in [-0.1, -0.05) is 52.2 Å². The molecule has 149 valence electrons. The van der Waals surface area contributed by atoms with Crippen LogP contribution in [0.15, 0.2) is 35.7 Å². The van der Waals surface area contributed by atoms with Crippen LogP contribution in [-0.4, -0.2) is 11.8 Å². The first-order valence-electron chi connectivity index (χ1n) is 9.94. The van der Waals surface area contributed by atoms with E-state index in [1.54, 1.807) is 6.07 Å². The summed E-state index contributed by atoms with van der Waals surface area (Å²) in [6.45, 7) is 6.47. The van der Waals surface area contributed by atoms with Crippen LogP contribution in [0.5, 0.6) is 0 Å². The van der Waals surface area contributed by atoms with Gasteiger partial charge in [0.1, 0.15) is 5.92 Å². The molecule has 0 saturated heterocycles. The van der Waals surface area contributed by atoms with Gasteiger partial charge in [0.25, 0.3) is 5.91 Å². The molecule has 1 aromatic carbocycles. The molecule has 3 rings (SSSR count). The Morgan fingerprint density at radius 1 is 1.04 bits per heavy atom. The second kappa shape index (κ2) is 8.48. The molecule has 1 aliphatic rings. The summed E-state index contributed by atoms with van der Waals surface area (Å²) in [6, 6.07) is 9.69. The van der Waals surface area contributed by atoms with E-state index in [0.29, 0.717) is 11.5 Å². The van der Waals surface area contributed by atoms with Gasteiger partial charge < -0.3 is 11.1 Å². The third-order valence-corrected chi connectivity index (χ3v) is 6.39. The Hall–Kier alpha value is -2.14. The van der Waals surface area contributed by atoms with Crippen molar-refractivity contribution >= 4 is 28.8 Å². The Labute approximate surface area is 171 Å². The molecule has 0 spiro atoms. The molecule has 1 aromatic heterocycles. The fraction of sp³-hybridized carbons (Fsp3) is 0.435. The number of benzene rings is 1. The number of hydrogen-bond acceptors (Lipinski definition) is 3. The van der Waals surface area contributed by atoms with Gasteiger partial charge >= 0.3 is 0 Å². The van der Waals surface area contributed by atoms with Gasteiger partial charge in [0.15, 0.2) is 0 Å². The van der Waals surface area contributed by atoms with Crippen LogP contribution >= 0.6 is 11.3 Å². The van der Waals surface area contributed by atoms with Crippen LogP contribution in [0.1, 0.15) is 73.7 Å². The number of hydrogen-bond donors (Lipinski definition) is 2. The Balaban J connectivity index is 1.80. The summed E-state index contributed by atoms with van der Waals surface area (Å²) in [4.78, 5) is 25.9. The SMILES string of the molecule is CC(C)(C)c1ccc(NC(=O)c2ccsc2[C](C(N)=O)C2CCCCC2)cc1. The number of thiophene rings is 1. The van der Waals surface area contributed by atoms with E-state index >= 15 is 0 Å².